The van der Waals surface area contributed by atoms with E-state index >= 15 is 0 Å². The molecule has 4 heteroatoms. The SMILES string of the molecule is [B]1OCNO1. The van der Waals surface area contributed by atoms with Crippen molar-refractivity contribution in [2.45, 2.75) is 0 Å². The third-order valence-electron chi connectivity index (χ3n) is 0.342. The summed E-state index contributed by atoms with van der Waals surface area (Å²) in [5.74, 6) is 0. The van der Waals surface area contributed by atoms with Crippen LogP contribution in [-0.4, -0.2) is 14.4 Å². The Bertz CT molecular complexity index is 21.2. The molecule has 0 amide bonds. The molecule has 0 aromatic rings. The molecule has 1 radical (unpaired) electrons. The maximum Gasteiger partial charge on any atom is 0.507 e. The average molecular weight is 71.9 g/mol. The molecular formula is CH3BNO2. The fraction of sp³-hybridized carbons (Fsp3) is 1.00. The molecule has 1 rings (SSSR count). The maximum atomic E-state index is 4.49. The molecule has 3 nitrogen and oxygen atoms in total. The van der Waals surface area contributed by atoms with Gasteiger partial charge >= 0.3 is 7.69 Å². The highest BCUT2D eigenvalue weighted by Gasteiger charge is 1.98. The second-order valence-corrected chi connectivity index (χ2v) is 0.669. The van der Waals surface area contributed by atoms with Crippen LogP contribution in [0.25, 0.3) is 0 Å². The Balaban J connectivity index is 2.08. The normalized spacial score (nSPS) is 22.4. The van der Waals surface area contributed by atoms with E-state index in [1.807, 2.05) is 0 Å². The first-order valence-corrected chi connectivity index (χ1v) is 1.32. The number of rotatable bonds is 0. The van der Waals surface area contributed by atoms with Gasteiger partial charge < -0.3 is 9.41 Å². The summed E-state index contributed by atoms with van der Waals surface area (Å²) < 4.78 is 8.83. The Hall–Kier alpha value is -0.0551. The van der Waals surface area contributed by atoms with Gasteiger partial charge in [0.25, 0.3) is 0 Å². The second-order valence-electron chi connectivity index (χ2n) is 0.669. The molecule has 1 N–H and O–H groups in total. The van der Waals surface area contributed by atoms with E-state index in [4.69, 9.17) is 0 Å². The Labute approximate surface area is 30.5 Å². The zero-order chi connectivity index (χ0) is 3.54. The smallest absolute Gasteiger partial charge is 0.397 e. The molecule has 0 aromatic carbocycles. The first kappa shape index (κ1) is 3.15. The summed E-state index contributed by atoms with van der Waals surface area (Å²) in [4.78, 5) is 0. The minimum Gasteiger partial charge on any atom is -0.397 e. The molecule has 1 fully saturated rings. The number of nitrogens with one attached hydrogen (secondary N) is 1. The van der Waals surface area contributed by atoms with Crippen LogP contribution < -0.4 is 5.48 Å². The summed E-state index contributed by atoms with van der Waals surface area (Å²) in [5.41, 5.74) is 2.44. The van der Waals surface area contributed by atoms with Gasteiger partial charge in [0.15, 0.2) is 0 Å². The van der Waals surface area contributed by atoms with Gasteiger partial charge in [-0.1, -0.05) is 0 Å². The third-order valence-corrected chi connectivity index (χ3v) is 0.342. The zero-order valence-corrected chi connectivity index (χ0v) is 2.60. The van der Waals surface area contributed by atoms with Crippen molar-refractivity contribution in [1.82, 2.24) is 5.48 Å². The van der Waals surface area contributed by atoms with Crippen LogP contribution in [0.3, 0.4) is 0 Å². The summed E-state index contributed by atoms with van der Waals surface area (Å²) in [6.45, 7) is 0.472. The van der Waals surface area contributed by atoms with Crippen molar-refractivity contribution in [2.24, 2.45) is 0 Å². The minimum absolute atomic E-state index is 0.472. The lowest BCUT2D eigenvalue weighted by Crippen LogP contribution is -2.02. The molecule has 1 aliphatic heterocycles. The Morgan fingerprint density at radius 2 is 2.80 bits per heavy atom. The molecule has 0 unspecified atom stereocenters. The van der Waals surface area contributed by atoms with Crippen molar-refractivity contribution in [3.8, 4) is 0 Å². The van der Waals surface area contributed by atoms with Crippen molar-refractivity contribution in [1.29, 1.82) is 0 Å². The van der Waals surface area contributed by atoms with E-state index in [1.54, 1.807) is 0 Å². The summed E-state index contributed by atoms with van der Waals surface area (Å²) in [6.07, 6.45) is 0. The standard InChI is InChI=1S/CH3BNO2/c1-3-5-2-4-1/h3H,1H2. The number of hydrogen-bond acceptors (Lipinski definition) is 3. The van der Waals surface area contributed by atoms with Crippen LogP contribution in [0.2, 0.25) is 0 Å². The molecule has 27 valence electrons. The Morgan fingerprint density at radius 3 is 3.00 bits per heavy atom. The first-order chi connectivity index (χ1) is 2.50. The summed E-state index contributed by atoms with van der Waals surface area (Å²) in [7, 11) is 1.25. The molecule has 0 aromatic heterocycles. The van der Waals surface area contributed by atoms with E-state index < -0.39 is 0 Å². The maximum absolute atomic E-state index is 4.49. The fourth-order valence-electron chi connectivity index (χ4n) is 0.170. The molecule has 1 heterocycles. The number of hydrogen-bond donors (Lipinski definition) is 1. The van der Waals surface area contributed by atoms with Gasteiger partial charge in [0, 0.05) is 0 Å². The highest BCUT2D eigenvalue weighted by molar-refractivity contribution is 6.18. The average Bonchev–Trinajstić information content (AvgIpc) is 1.76. The topological polar surface area (TPSA) is 30.5 Å². The fourth-order valence-corrected chi connectivity index (χ4v) is 0.170. The van der Waals surface area contributed by atoms with Crippen molar-refractivity contribution >= 4 is 7.69 Å². The van der Waals surface area contributed by atoms with Gasteiger partial charge in [0.1, 0.15) is 6.73 Å². The van der Waals surface area contributed by atoms with Gasteiger partial charge in [-0.25, -0.2) is 0 Å². The molecule has 1 aliphatic rings. The predicted octanol–water partition coefficient (Wildman–Crippen LogP) is -0.971. The van der Waals surface area contributed by atoms with Gasteiger partial charge in [-0.15, -0.1) is 0 Å². The first-order valence-electron chi connectivity index (χ1n) is 1.32. The monoisotopic (exact) mass is 72.0 g/mol. The van der Waals surface area contributed by atoms with Crippen LogP contribution in [0, 0.1) is 0 Å². The summed E-state index contributed by atoms with van der Waals surface area (Å²) in [6, 6.07) is 0. The van der Waals surface area contributed by atoms with Crippen LogP contribution in [0.4, 0.5) is 0 Å². The van der Waals surface area contributed by atoms with Crippen molar-refractivity contribution in [3.05, 3.63) is 0 Å². The van der Waals surface area contributed by atoms with Crippen LogP contribution in [0.5, 0.6) is 0 Å². The van der Waals surface area contributed by atoms with Crippen molar-refractivity contribution in [3.63, 3.8) is 0 Å². The lowest BCUT2D eigenvalue weighted by molar-refractivity contribution is 0.228. The lowest BCUT2D eigenvalue weighted by atomic mass is 10.4. The van der Waals surface area contributed by atoms with E-state index in [2.05, 4.69) is 14.9 Å². The van der Waals surface area contributed by atoms with Gasteiger partial charge in [0.2, 0.25) is 0 Å². The van der Waals surface area contributed by atoms with Crippen LogP contribution >= 0.6 is 0 Å². The van der Waals surface area contributed by atoms with E-state index in [0.717, 1.165) is 0 Å². The van der Waals surface area contributed by atoms with Gasteiger partial charge in [-0.3, -0.25) is 0 Å². The quantitative estimate of drug-likeness (QED) is 0.373. The minimum atomic E-state index is 0.472. The van der Waals surface area contributed by atoms with E-state index in [1.165, 1.54) is 7.69 Å². The van der Waals surface area contributed by atoms with Crippen molar-refractivity contribution < 1.29 is 9.41 Å². The van der Waals surface area contributed by atoms with Gasteiger partial charge in [0.05, 0.1) is 0 Å². The third kappa shape index (κ3) is 0.610. The molecule has 1 saturated heterocycles. The van der Waals surface area contributed by atoms with E-state index in [-0.39, 0.29) is 0 Å². The molecule has 0 saturated carbocycles. The van der Waals surface area contributed by atoms with E-state index in [9.17, 15) is 0 Å². The van der Waals surface area contributed by atoms with E-state index in [0.29, 0.717) is 6.73 Å². The Morgan fingerprint density at radius 1 is 1.80 bits per heavy atom. The van der Waals surface area contributed by atoms with Crippen LogP contribution in [-0.2, 0) is 9.41 Å². The van der Waals surface area contributed by atoms with Gasteiger partial charge in [-0.05, 0) is 0 Å². The zero-order valence-electron chi connectivity index (χ0n) is 2.60. The molecule has 0 spiro atoms. The largest absolute Gasteiger partial charge is 0.507 e. The van der Waals surface area contributed by atoms with Crippen LogP contribution in [0.1, 0.15) is 0 Å². The van der Waals surface area contributed by atoms with Gasteiger partial charge in [-0.2, -0.15) is 5.48 Å². The molecule has 5 heavy (non-hydrogen) atoms. The number of hydroxylamine groups is 1. The van der Waals surface area contributed by atoms with Crippen LogP contribution in [0.15, 0.2) is 0 Å². The molecular weight excluding hydrogens is 68.8 g/mol. The lowest BCUT2D eigenvalue weighted by Gasteiger charge is -1.77. The molecule has 0 atom stereocenters. The Kier molecular flexibility index (Phi) is 0.881. The molecule has 0 bridgehead atoms. The second kappa shape index (κ2) is 1.40. The summed E-state index contributed by atoms with van der Waals surface area (Å²) in [5, 5.41) is 0. The summed E-state index contributed by atoms with van der Waals surface area (Å²) >= 11 is 0. The molecule has 0 aliphatic carbocycles. The predicted molar refractivity (Wildman–Crippen MR) is 15.9 cm³/mol. The highest BCUT2D eigenvalue weighted by Crippen LogP contribution is 1.74. The highest BCUT2D eigenvalue weighted by atomic mass is 16.7. The van der Waals surface area contributed by atoms with Crippen molar-refractivity contribution in [2.75, 3.05) is 6.73 Å².